The van der Waals surface area contributed by atoms with Gasteiger partial charge in [-0.05, 0) is 18.2 Å². The summed E-state index contributed by atoms with van der Waals surface area (Å²) in [6.07, 6.45) is 0. The molecule has 1 aliphatic rings. The molecule has 3 rings (SSSR count). The molecule has 0 unspecified atom stereocenters. The van der Waals surface area contributed by atoms with E-state index in [9.17, 15) is 24.6 Å². The Balaban J connectivity index is 2.36. The van der Waals surface area contributed by atoms with Crippen LogP contribution in [0, 0.1) is 0 Å². The minimum absolute atomic E-state index is 0.0190. The van der Waals surface area contributed by atoms with Crippen molar-refractivity contribution in [3.8, 4) is 11.5 Å². The first-order chi connectivity index (χ1) is 9.91. The summed E-state index contributed by atoms with van der Waals surface area (Å²) in [5, 5.41) is 28.6. The summed E-state index contributed by atoms with van der Waals surface area (Å²) in [7, 11) is 0. The van der Waals surface area contributed by atoms with E-state index >= 15 is 0 Å². The standard InChI is InChI=1S/C15H8O6/c16-9-3-1-2-7-11(9)14(19)12-8(13(7)18)4-6(15(20)21)5-10(12)17/h1-5,16-17H,(H,20,21)/i4+1,5+1,6+1,15+1. The molecule has 0 heterocycles. The van der Waals surface area contributed by atoms with Crippen molar-refractivity contribution in [2.24, 2.45) is 0 Å². The zero-order chi connectivity index (χ0) is 15.3. The van der Waals surface area contributed by atoms with E-state index in [2.05, 4.69) is 0 Å². The molecule has 6 nitrogen and oxygen atoms in total. The molecule has 3 N–H and O–H groups in total. The Labute approximate surface area is 117 Å². The van der Waals surface area contributed by atoms with Crippen LogP contribution in [0.25, 0.3) is 0 Å². The highest BCUT2D eigenvalue weighted by molar-refractivity contribution is 6.30. The Kier molecular flexibility index (Phi) is 2.56. The van der Waals surface area contributed by atoms with E-state index in [0.29, 0.717) is 0 Å². The number of phenolic OH excluding ortho intramolecular Hbond substituents is 2. The minimum Gasteiger partial charge on any atom is -0.507 e. The lowest BCUT2D eigenvalue weighted by molar-refractivity contribution is 0.0695. The molecule has 0 aromatic heterocycles. The summed E-state index contributed by atoms with van der Waals surface area (Å²) in [5.41, 5.74) is -0.978. The molecule has 1 aliphatic carbocycles. The van der Waals surface area contributed by atoms with Crippen molar-refractivity contribution in [2.75, 3.05) is 0 Å². The topological polar surface area (TPSA) is 112 Å². The molecule has 0 atom stereocenters. The lowest BCUT2D eigenvalue weighted by Gasteiger charge is -2.19. The highest BCUT2D eigenvalue weighted by atomic mass is 16.5. The number of hydrogen-bond donors (Lipinski definition) is 3. The third-order valence-electron chi connectivity index (χ3n) is 3.35. The van der Waals surface area contributed by atoms with Crippen LogP contribution in [0.15, 0.2) is 30.3 Å². The molecule has 21 heavy (non-hydrogen) atoms. The summed E-state index contributed by atoms with van der Waals surface area (Å²) < 4.78 is 0. The summed E-state index contributed by atoms with van der Waals surface area (Å²) in [5.74, 6) is -3.62. The molecule has 0 amide bonds. The molecule has 0 bridgehead atoms. The zero-order valence-corrected chi connectivity index (χ0v) is 10.5. The van der Waals surface area contributed by atoms with E-state index < -0.39 is 23.3 Å². The SMILES string of the molecule is O=C1c2cccc(O)c2C(=O)c2c(O)[13cH][13c]([13C](=O)O)[13cH]c21. The van der Waals surface area contributed by atoms with Gasteiger partial charge in [-0.3, -0.25) is 9.59 Å². The Morgan fingerprint density at radius 3 is 2.19 bits per heavy atom. The van der Waals surface area contributed by atoms with Crippen LogP contribution in [-0.2, 0) is 0 Å². The van der Waals surface area contributed by atoms with Crippen molar-refractivity contribution in [3.63, 3.8) is 0 Å². The number of benzene rings is 2. The molecule has 0 saturated heterocycles. The third kappa shape index (κ3) is 1.69. The van der Waals surface area contributed by atoms with Gasteiger partial charge in [-0.2, -0.15) is 0 Å². The van der Waals surface area contributed by atoms with Crippen molar-refractivity contribution in [2.45, 2.75) is 0 Å². The average Bonchev–Trinajstić information content (AvgIpc) is 2.43. The summed E-state index contributed by atoms with van der Waals surface area (Å²) in [4.78, 5) is 35.7. The van der Waals surface area contributed by atoms with Crippen LogP contribution in [0.3, 0.4) is 0 Å². The summed E-state index contributed by atoms with van der Waals surface area (Å²) in [6.45, 7) is 0. The number of carboxylic acid groups (broad SMARTS) is 1. The minimum atomic E-state index is -1.32. The van der Waals surface area contributed by atoms with E-state index in [1.54, 1.807) is 0 Å². The van der Waals surface area contributed by atoms with E-state index in [1.807, 2.05) is 0 Å². The molecule has 0 spiro atoms. The molecule has 2 aromatic carbocycles. The fraction of sp³-hybridized carbons (Fsp3) is 0. The highest BCUT2D eigenvalue weighted by Gasteiger charge is 2.34. The Morgan fingerprint density at radius 2 is 1.52 bits per heavy atom. The zero-order valence-electron chi connectivity index (χ0n) is 10.5. The maximum atomic E-state index is 12.4. The van der Waals surface area contributed by atoms with Crippen molar-refractivity contribution in [3.05, 3.63) is 58.1 Å². The molecular formula is C15H8O6. The van der Waals surface area contributed by atoms with Crippen LogP contribution in [0.2, 0.25) is 0 Å². The van der Waals surface area contributed by atoms with Gasteiger partial charge in [-0.1, -0.05) is 12.1 Å². The largest absolute Gasteiger partial charge is 0.507 e. The summed E-state index contributed by atoms with van der Waals surface area (Å²) >= 11 is 0. The molecule has 0 aliphatic heterocycles. The number of phenols is 2. The predicted octanol–water partition coefficient (Wildman–Crippen LogP) is 1.57. The second-order valence-electron chi connectivity index (χ2n) is 4.58. The van der Waals surface area contributed by atoms with Gasteiger partial charge in [0, 0.05) is 11.1 Å². The first-order valence-corrected chi connectivity index (χ1v) is 5.93. The number of rotatable bonds is 1. The third-order valence-corrected chi connectivity index (χ3v) is 3.35. The number of aromatic carboxylic acids is 1. The van der Waals surface area contributed by atoms with Crippen molar-refractivity contribution in [1.29, 1.82) is 0 Å². The molecule has 0 radical (unpaired) electrons. The highest BCUT2D eigenvalue weighted by Crippen LogP contribution is 2.37. The van der Waals surface area contributed by atoms with Gasteiger partial charge >= 0.3 is 5.97 Å². The lowest BCUT2D eigenvalue weighted by atomic mass is 9.86. The van der Waals surface area contributed by atoms with Crippen LogP contribution >= 0.6 is 0 Å². The molecule has 2 aromatic rings. The Hall–Kier alpha value is -3.15. The fourth-order valence-electron chi connectivity index (χ4n) is 2.41. The second kappa shape index (κ2) is 4.17. The van der Waals surface area contributed by atoms with Gasteiger partial charge in [0.25, 0.3) is 0 Å². The second-order valence-corrected chi connectivity index (χ2v) is 4.58. The number of aromatic hydroxyl groups is 2. The van der Waals surface area contributed by atoms with Crippen LogP contribution in [0.1, 0.15) is 42.2 Å². The molecule has 6 heteroatoms. The van der Waals surface area contributed by atoms with Crippen molar-refractivity contribution < 1.29 is 29.7 Å². The predicted molar refractivity (Wildman–Crippen MR) is 70.0 cm³/mol. The maximum Gasteiger partial charge on any atom is 0.335 e. The number of carboxylic acids is 1. The number of ketones is 2. The van der Waals surface area contributed by atoms with E-state index in [-0.39, 0.29) is 33.6 Å². The molecule has 104 valence electrons. The van der Waals surface area contributed by atoms with E-state index in [1.165, 1.54) is 18.2 Å². The van der Waals surface area contributed by atoms with Gasteiger partial charge in [0.1, 0.15) is 11.5 Å². The number of carbonyl (C=O) groups is 3. The van der Waals surface area contributed by atoms with Gasteiger partial charge in [-0.15, -0.1) is 0 Å². The molecule has 0 fully saturated rings. The maximum absolute atomic E-state index is 12.4. The molecule has 0 saturated carbocycles. The van der Waals surface area contributed by atoms with Crippen LogP contribution in [-0.4, -0.2) is 32.9 Å². The van der Waals surface area contributed by atoms with E-state index in [0.717, 1.165) is 12.1 Å². The first-order valence-electron chi connectivity index (χ1n) is 5.93. The number of hydrogen-bond acceptors (Lipinski definition) is 5. The van der Waals surface area contributed by atoms with Crippen LogP contribution in [0.4, 0.5) is 0 Å². The van der Waals surface area contributed by atoms with Gasteiger partial charge in [0.2, 0.25) is 5.78 Å². The Bertz CT molecular complexity index is 834. The summed E-state index contributed by atoms with van der Waals surface area (Å²) in [6, 6.07) is 5.98. The van der Waals surface area contributed by atoms with Crippen LogP contribution in [0.5, 0.6) is 11.5 Å². The van der Waals surface area contributed by atoms with Crippen LogP contribution < -0.4 is 0 Å². The Morgan fingerprint density at radius 1 is 0.857 bits per heavy atom. The fourth-order valence-corrected chi connectivity index (χ4v) is 2.41. The smallest absolute Gasteiger partial charge is 0.335 e. The lowest BCUT2D eigenvalue weighted by Crippen LogP contribution is -2.22. The normalized spacial score (nSPS) is 12.8. The average molecular weight is 288 g/mol. The first kappa shape index (κ1) is 12.9. The van der Waals surface area contributed by atoms with Gasteiger partial charge in [-0.25, -0.2) is 4.79 Å². The number of fused-ring (bicyclic) bond motifs is 2. The van der Waals surface area contributed by atoms with Crippen molar-refractivity contribution in [1.82, 2.24) is 0 Å². The van der Waals surface area contributed by atoms with Gasteiger partial charge in [0.15, 0.2) is 5.78 Å². The van der Waals surface area contributed by atoms with Gasteiger partial charge in [0.05, 0.1) is 16.7 Å². The monoisotopic (exact) mass is 288 g/mol. The quantitative estimate of drug-likeness (QED) is 0.586. The molecular weight excluding hydrogens is 280 g/mol. The van der Waals surface area contributed by atoms with Crippen molar-refractivity contribution >= 4 is 17.5 Å². The van der Waals surface area contributed by atoms with Gasteiger partial charge < -0.3 is 15.3 Å². The van der Waals surface area contributed by atoms with E-state index in [4.69, 9.17) is 5.11 Å². The number of carbonyl (C=O) groups excluding carboxylic acids is 2.